The highest BCUT2D eigenvalue weighted by molar-refractivity contribution is 5.90. The lowest BCUT2D eigenvalue weighted by molar-refractivity contribution is -0.116. The van der Waals surface area contributed by atoms with Crippen LogP contribution in [0.4, 0.5) is 23.0 Å². The second-order valence-corrected chi connectivity index (χ2v) is 7.94. The van der Waals surface area contributed by atoms with Crippen LogP contribution < -0.4 is 15.5 Å². The fourth-order valence-corrected chi connectivity index (χ4v) is 3.83. The van der Waals surface area contributed by atoms with Gasteiger partial charge < -0.3 is 15.5 Å². The van der Waals surface area contributed by atoms with E-state index < -0.39 is 0 Å². The minimum Gasteiger partial charge on any atom is -0.356 e. The summed E-state index contributed by atoms with van der Waals surface area (Å²) in [7, 11) is 0. The van der Waals surface area contributed by atoms with Gasteiger partial charge in [0.1, 0.15) is 17.5 Å². The van der Waals surface area contributed by atoms with Gasteiger partial charge in [0, 0.05) is 37.0 Å². The molecule has 0 atom stereocenters. The van der Waals surface area contributed by atoms with Gasteiger partial charge in [0.25, 0.3) is 0 Å². The van der Waals surface area contributed by atoms with Crippen LogP contribution in [0.3, 0.4) is 0 Å². The minimum atomic E-state index is 0.0401. The molecule has 1 fully saturated rings. The van der Waals surface area contributed by atoms with Gasteiger partial charge in [-0.2, -0.15) is 0 Å². The van der Waals surface area contributed by atoms with Crippen LogP contribution in [0.1, 0.15) is 37.1 Å². The third-order valence-electron chi connectivity index (χ3n) is 5.41. The molecule has 6 heteroatoms. The van der Waals surface area contributed by atoms with E-state index in [-0.39, 0.29) is 5.91 Å². The van der Waals surface area contributed by atoms with E-state index in [2.05, 4.69) is 37.6 Å². The Hall–Kier alpha value is -3.41. The quantitative estimate of drug-likeness (QED) is 0.536. The van der Waals surface area contributed by atoms with Gasteiger partial charge in [0.2, 0.25) is 5.91 Å². The number of hydrogen-bond acceptors (Lipinski definition) is 5. The zero-order valence-electron chi connectivity index (χ0n) is 18.0. The number of aryl methyl sites for hydroxylation is 2. The van der Waals surface area contributed by atoms with Crippen LogP contribution in [0.25, 0.3) is 0 Å². The molecule has 1 aliphatic heterocycles. The summed E-state index contributed by atoms with van der Waals surface area (Å²) in [5.74, 6) is 2.56. The predicted octanol–water partition coefficient (Wildman–Crippen LogP) is 5.09. The Balaban J connectivity index is 1.29. The summed E-state index contributed by atoms with van der Waals surface area (Å²) >= 11 is 0. The number of nitrogens with one attached hydrogen (secondary N) is 2. The molecule has 0 unspecified atom stereocenters. The molecule has 6 nitrogen and oxygen atoms in total. The summed E-state index contributed by atoms with van der Waals surface area (Å²) in [6.07, 6.45) is 4.68. The maximum Gasteiger partial charge on any atom is 0.224 e. The number of amides is 1. The molecule has 0 saturated carbocycles. The van der Waals surface area contributed by atoms with Crippen molar-refractivity contribution in [1.82, 2.24) is 9.97 Å². The number of aromatic nitrogens is 2. The highest BCUT2D eigenvalue weighted by Gasteiger charge is 2.15. The molecule has 0 bridgehead atoms. The predicted molar refractivity (Wildman–Crippen MR) is 126 cm³/mol. The standard InChI is InChI=1S/C25H29N5O/c1-19-26-23(18-24(27-19)30-16-5-6-17-30)28-21-12-14-22(15-13-21)29-25(31)11-7-10-20-8-3-2-4-9-20/h2-4,8-9,12-15,18H,5-7,10-11,16-17H2,1H3,(H,29,31)(H,26,27,28). The Bertz CT molecular complexity index is 998. The second-order valence-electron chi connectivity index (χ2n) is 7.94. The van der Waals surface area contributed by atoms with Crippen LogP contribution in [-0.2, 0) is 11.2 Å². The van der Waals surface area contributed by atoms with Crippen molar-refractivity contribution in [1.29, 1.82) is 0 Å². The Labute approximate surface area is 183 Å². The van der Waals surface area contributed by atoms with Crippen molar-refractivity contribution in [3.8, 4) is 0 Å². The van der Waals surface area contributed by atoms with Gasteiger partial charge in [-0.05, 0) is 62.4 Å². The van der Waals surface area contributed by atoms with Gasteiger partial charge in [-0.15, -0.1) is 0 Å². The first-order valence-electron chi connectivity index (χ1n) is 11.0. The molecule has 160 valence electrons. The first-order chi connectivity index (χ1) is 15.2. The van der Waals surface area contributed by atoms with Gasteiger partial charge in [-0.25, -0.2) is 9.97 Å². The Kier molecular flexibility index (Phi) is 6.77. The van der Waals surface area contributed by atoms with Gasteiger partial charge in [-0.3, -0.25) is 4.79 Å². The van der Waals surface area contributed by atoms with E-state index in [1.165, 1.54) is 18.4 Å². The summed E-state index contributed by atoms with van der Waals surface area (Å²) in [6.45, 7) is 4.02. The summed E-state index contributed by atoms with van der Waals surface area (Å²) in [4.78, 5) is 23.6. The fourth-order valence-electron chi connectivity index (χ4n) is 3.83. The summed E-state index contributed by atoms with van der Waals surface area (Å²) in [6, 6.07) is 20.0. The monoisotopic (exact) mass is 415 g/mol. The first kappa shape index (κ1) is 20.8. The van der Waals surface area contributed by atoms with Gasteiger partial charge in [-0.1, -0.05) is 30.3 Å². The zero-order valence-corrected chi connectivity index (χ0v) is 18.0. The lowest BCUT2D eigenvalue weighted by atomic mass is 10.1. The largest absolute Gasteiger partial charge is 0.356 e. The van der Waals surface area contributed by atoms with Crippen molar-refractivity contribution in [2.24, 2.45) is 0 Å². The van der Waals surface area contributed by atoms with Gasteiger partial charge in [0.15, 0.2) is 0 Å². The van der Waals surface area contributed by atoms with Crippen molar-refractivity contribution in [3.63, 3.8) is 0 Å². The molecule has 2 heterocycles. The van der Waals surface area contributed by atoms with Crippen molar-refractivity contribution in [2.45, 2.75) is 39.0 Å². The smallest absolute Gasteiger partial charge is 0.224 e. The van der Waals surface area contributed by atoms with E-state index >= 15 is 0 Å². The topological polar surface area (TPSA) is 70.2 Å². The Morgan fingerprint density at radius 2 is 1.68 bits per heavy atom. The number of carbonyl (C=O) groups is 1. The lowest BCUT2D eigenvalue weighted by Crippen LogP contribution is -2.19. The lowest BCUT2D eigenvalue weighted by Gasteiger charge is -2.18. The highest BCUT2D eigenvalue weighted by Crippen LogP contribution is 2.23. The van der Waals surface area contributed by atoms with Crippen LogP contribution in [0, 0.1) is 6.92 Å². The molecule has 0 aliphatic carbocycles. The molecule has 1 aliphatic rings. The minimum absolute atomic E-state index is 0.0401. The molecule has 1 aromatic heterocycles. The van der Waals surface area contributed by atoms with E-state index in [0.29, 0.717) is 6.42 Å². The van der Waals surface area contributed by atoms with Crippen LogP contribution in [0.5, 0.6) is 0 Å². The molecular formula is C25H29N5O. The number of hydrogen-bond donors (Lipinski definition) is 2. The molecule has 31 heavy (non-hydrogen) atoms. The Morgan fingerprint density at radius 1 is 0.968 bits per heavy atom. The summed E-state index contributed by atoms with van der Waals surface area (Å²) < 4.78 is 0. The van der Waals surface area contributed by atoms with Gasteiger partial charge >= 0.3 is 0 Å². The Morgan fingerprint density at radius 3 is 2.42 bits per heavy atom. The molecule has 1 saturated heterocycles. The van der Waals surface area contributed by atoms with Gasteiger partial charge in [0.05, 0.1) is 0 Å². The average molecular weight is 416 g/mol. The average Bonchev–Trinajstić information content (AvgIpc) is 3.31. The van der Waals surface area contributed by atoms with Crippen LogP contribution >= 0.6 is 0 Å². The molecule has 0 spiro atoms. The molecule has 4 rings (SSSR count). The SMILES string of the molecule is Cc1nc(Nc2ccc(NC(=O)CCCc3ccccc3)cc2)cc(N2CCCC2)n1. The molecule has 2 N–H and O–H groups in total. The second kappa shape index (κ2) is 10.1. The molecule has 1 amide bonds. The summed E-state index contributed by atoms with van der Waals surface area (Å²) in [5.41, 5.74) is 2.98. The maximum absolute atomic E-state index is 12.2. The molecule has 3 aromatic rings. The highest BCUT2D eigenvalue weighted by atomic mass is 16.1. The zero-order chi connectivity index (χ0) is 21.5. The fraction of sp³-hybridized carbons (Fsp3) is 0.320. The number of rotatable bonds is 8. The number of nitrogens with zero attached hydrogens (tertiary/aromatic N) is 3. The molecular weight excluding hydrogens is 386 g/mol. The van der Waals surface area contributed by atoms with E-state index in [4.69, 9.17) is 0 Å². The molecule has 2 aromatic carbocycles. The van der Waals surface area contributed by atoms with E-state index in [0.717, 1.165) is 54.8 Å². The number of carbonyl (C=O) groups excluding carboxylic acids is 1. The first-order valence-corrected chi connectivity index (χ1v) is 11.0. The van der Waals surface area contributed by atoms with Crippen molar-refractivity contribution in [3.05, 3.63) is 72.1 Å². The molecule has 0 radical (unpaired) electrons. The summed E-state index contributed by atoms with van der Waals surface area (Å²) in [5, 5.41) is 6.33. The number of benzene rings is 2. The third kappa shape index (κ3) is 6.04. The van der Waals surface area contributed by atoms with Crippen LogP contribution in [0.15, 0.2) is 60.7 Å². The maximum atomic E-state index is 12.2. The van der Waals surface area contributed by atoms with Crippen molar-refractivity contribution < 1.29 is 4.79 Å². The van der Waals surface area contributed by atoms with Crippen LogP contribution in [-0.4, -0.2) is 29.0 Å². The van der Waals surface area contributed by atoms with E-state index in [1.54, 1.807) is 0 Å². The normalized spacial score (nSPS) is 13.3. The van der Waals surface area contributed by atoms with Crippen molar-refractivity contribution in [2.75, 3.05) is 28.6 Å². The van der Waals surface area contributed by atoms with Crippen LogP contribution in [0.2, 0.25) is 0 Å². The van der Waals surface area contributed by atoms with E-state index in [9.17, 15) is 4.79 Å². The third-order valence-corrected chi connectivity index (χ3v) is 5.41. The number of anilines is 4. The van der Waals surface area contributed by atoms with E-state index in [1.807, 2.05) is 55.5 Å². The van der Waals surface area contributed by atoms with Crippen molar-refractivity contribution >= 4 is 28.9 Å².